The molecule has 108 valence electrons. The summed E-state index contributed by atoms with van der Waals surface area (Å²) in [5.74, 6) is 0.422. The van der Waals surface area contributed by atoms with Crippen molar-refractivity contribution in [1.82, 2.24) is 10.1 Å². The van der Waals surface area contributed by atoms with Crippen molar-refractivity contribution in [3.8, 4) is 11.4 Å². The third-order valence-electron chi connectivity index (χ3n) is 2.84. The van der Waals surface area contributed by atoms with E-state index in [0.717, 1.165) is 15.3 Å². The van der Waals surface area contributed by atoms with Crippen LogP contribution in [0.15, 0.2) is 27.4 Å². The topological polar surface area (TPSA) is 65.2 Å². The molecule has 7 heteroatoms. The first kappa shape index (κ1) is 14.0. The number of hydrogen-bond acceptors (Lipinski definition) is 7. The lowest BCUT2D eigenvalue weighted by Crippen LogP contribution is -2.05. The second-order valence-electron chi connectivity index (χ2n) is 4.43. The SMILES string of the molecule is Cc1cc(C(=O)OCc2nc(-c3ccsc3)no2)c(C)s1. The molecule has 0 aliphatic heterocycles. The Morgan fingerprint density at radius 1 is 1.43 bits per heavy atom. The van der Waals surface area contributed by atoms with Crippen molar-refractivity contribution in [2.24, 2.45) is 0 Å². The molecule has 0 aliphatic rings. The average Bonchev–Trinajstić information content (AvgIpc) is 3.15. The van der Waals surface area contributed by atoms with Crippen molar-refractivity contribution in [2.45, 2.75) is 20.5 Å². The fourth-order valence-corrected chi connectivity index (χ4v) is 3.41. The standard InChI is InChI=1S/C14H12N2O3S2/c1-8-5-11(9(2)21-8)14(17)18-6-12-15-13(16-19-12)10-3-4-20-7-10/h3-5,7H,6H2,1-2H3. The molecule has 0 saturated heterocycles. The van der Waals surface area contributed by atoms with Crippen LogP contribution in [0.2, 0.25) is 0 Å². The Balaban J connectivity index is 1.65. The van der Waals surface area contributed by atoms with Gasteiger partial charge in [-0.25, -0.2) is 4.79 Å². The Labute approximate surface area is 129 Å². The largest absolute Gasteiger partial charge is 0.452 e. The highest BCUT2D eigenvalue weighted by molar-refractivity contribution is 7.12. The van der Waals surface area contributed by atoms with Gasteiger partial charge in [-0.1, -0.05) is 5.16 Å². The zero-order valence-corrected chi connectivity index (χ0v) is 13.1. The highest BCUT2D eigenvalue weighted by Gasteiger charge is 2.15. The molecule has 0 fully saturated rings. The van der Waals surface area contributed by atoms with Crippen molar-refractivity contribution in [3.63, 3.8) is 0 Å². The number of esters is 1. The van der Waals surface area contributed by atoms with Crippen LogP contribution in [0.5, 0.6) is 0 Å². The van der Waals surface area contributed by atoms with Gasteiger partial charge in [0.25, 0.3) is 5.89 Å². The Morgan fingerprint density at radius 2 is 2.29 bits per heavy atom. The minimum atomic E-state index is -0.368. The molecule has 0 atom stereocenters. The summed E-state index contributed by atoms with van der Waals surface area (Å²) in [4.78, 5) is 18.2. The van der Waals surface area contributed by atoms with E-state index in [1.54, 1.807) is 22.7 Å². The van der Waals surface area contributed by atoms with Gasteiger partial charge in [-0.05, 0) is 31.4 Å². The Kier molecular flexibility index (Phi) is 3.85. The summed E-state index contributed by atoms with van der Waals surface area (Å²) in [5.41, 5.74) is 1.49. The van der Waals surface area contributed by atoms with Gasteiger partial charge in [0.2, 0.25) is 5.82 Å². The molecular formula is C14H12N2O3S2. The number of carbonyl (C=O) groups is 1. The summed E-state index contributed by atoms with van der Waals surface area (Å²) in [6.07, 6.45) is 0. The predicted octanol–water partition coefficient (Wildman–Crippen LogP) is 3.83. The molecule has 0 N–H and O–H groups in total. The molecule has 0 unspecified atom stereocenters. The first-order chi connectivity index (χ1) is 10.1. The van der Waals surface area contributed by atoms with Crippen LogP contribution in [-0.4, -0.2) is 16.1 Å². The quantitative estimate of drug-likeness (QED) is 0.683. The van der Waals surface area contributed by atoms with E-state index >= 15 is 0 Å². The first-order valence-electron chi connectivity index (χ1n) is 6.23. The van der Waals surface area contributed by atoms with Crippen molar-refractivity contribution in [3.05, 3.63) is 44.1 Å². The number of hydrogen-bond donors (Lipinski definition) is 0. The molecule has 0 saturated carbocycles. The molecule has 0 radical (unpaired) electrons. The monoisotopic (exact) mass is 320 g/mol. The molecule has 0 bridgehead atoms. The fourth-order valence-electron chi connectivity index (χ4n) is 1.86. The molecule has 0 amide bonds. The average molecular weight is 320 g/mol. The van der Waals surface area contributed by atoms with Crippen molar-refractivity contribution in [1.29, 1.82) is 0 Å². The normalized spacial score (nSPS) is 10.8. The number of ether oxygens (including phenoxy) is 1. The van der Waals surface area contributed by atoms with Crippen LogP contribution in [-0.2, 0) is 11.3 Å². The van der Waals surface area contributed by atoms with E-state index in [2.05, 4.69) is 10.1 Å². The minimum Gasteiger partial charge on any atom is -0.452 e. The molecule has 3 heterocycles. The number of nitrogens with zero attached hydrogens (tertiary/aromatic N) is 2. The number of carbonyl (C=O) groups excluding carboxylic acids is 1. The lowest BCUT2D eigenvalue weighted by Gasteiger charge is -2.00. The van der Waals surface area contributed by atoms with Crippen molar-refractivity contribution < 1.29 is 14.1 Å². The maximum absolute atomic E-state index is 12.0. The Bertz CT molecular complexity index is 759. The number of aromatic nitrogens is 2. The first-order valence-corrected chi connectivity index (χ1v) is 7.98. The van der Waals surface area contributed by atoms with E-state index in [9.17, 15) is 4.79 Å². The van der Waals surface area contributed by atoms with E-state index in [0.29, 0.717) is 11.4 Å². The molecule has 21 heavy (non-hydrogen) atoms. The van der Waals surface area contributed by atoms with Crippen molar-refractivity contribution in [2.75, 3.05) is 0 Å². The molecule has 0 aromatic carbocycles. The summed E-state index contributed by atoms with van der Waals surface area (Å²) < 4.78 is 10.3. The van der Waals surface area contributed by atoms with Crippen LogP contribution < -0.4 is 0 Å². The van der Waals surface area contributed by atoms with Gasteiger partial charge in [0.15, 0.2) is 6.61 Å². The highest BCUT2D eigenvalue weighted by Crippen LogP contribution is 2.22. The summed E-state index contributed by atoms with van der Waals surface area (Å²) in [5, 5.41) is 7.73. The predicted molar refractivity (Wildman–Crippen MR) is 80.5 cm³/mol. The number of aryl methyl sites for hydroxylation is 2. The summed E-state index contributed by atoms with van der Waals surface area (Å²) in [6.45, 7) is 3.83. The Morgan fingerprint density at radius 3 is 2.95 bits per heavy atom. The van der Waals surface area contributed by atoms with Gasteiger partial charge in [0.1, 0.15) is 0 Å². The molecule has 0 spiro atoms. The van der Waals surface area contributed by atoms with E-state index < -0.39 is 0 Å². The molecule has 5 nitrogen and oxygen atoms in total. The van der Waals surface area contributed by atoms with E-state index in [1.165, 1.54) is 0 Å². The number of rotatable bonds is 4. The maximum Gasteiger partial charge on any atom is 0.339 e. The van der Waals surface area contributed by atoms with Crippen LogP contribution in [0.3, 0.4) is 0 Å². The Hall–Kier alpha value is -1.99. The van der Waals surface area contributed by atoms with Gasteiger partial charge in [-0.2, -0.15) is 16.3 Å². The van der Waals surface area contributed by atoms with Crippen LogP contribution in [0.1, 0.15) is 26.0 Å². The second-order valence-corrected chi connectivity index (χ2v) is 6.67. The molecule has 3 aromatic rings. The molecule has 3 aromatic heterocycles. The lowest BCUT2D eigenvalue weighted by atomic mass is 10.2. The van der Waals surface area contributed by atoms with E-state index in [-0.39, 0.29) is 18.5 Å². The summed E-state index contributed by atoms with van der Waals surface area (Å²) in [6, 6.07) is 3.73. The molecule has 0 aliphatic carbocycles. The van der Waals surface area contributed by atoms with Gasteiger partial charge >= 0.3 is 5.97 Å². The number of thiophene rings is 2. The summed E-state index contributed by atoms with van der Waals surface area (Å²) in [7, 11) is 0. The smallest absolute Gasteiger partial charge is 0.339 e. The fraction of sp³-hybridized carbons (Fsp3) is 0.214. The van der Waals surface area contributed by atoms with Gasteiger partial charge in [-0.3, -0.25) is 0 Å². The van der Waals surface area contributed by atoms with E-state index in [1.807, 2.05) is 36.7 Å². The molecular weight excluding hydrogens is 308 g/mol. The minimum absolute atomic E-state index is 0.0235. The van der Waals surface area contributed by atoms with E-state index in [4.69, 9.17) is 9.26 Å². The molecule has 3 rings (SSSR count). The highest BCUT2D eigenvalue weighted by atomic mass is 32.1. The van der Waals surface area contributed by atoms with Gasteiger partial charge < -0.3 is 9.26 Å². The van der Waals surface area contributed by atoms with Gasteiger partial charge in [0.05, 0.1) is 5.56 Å². The lowest BCUT2D eigenvalue weighted by molar-refractivity contribution is 0.0429. The maximum atomic E-state index is 12.0. The van der Waals surface area contributed by atoms with Gasteiger partial charge in [-0.15, -0.1) is 11.3 Å². The van der Waals surface area contributed by atoms with Crippen LogP contribution in [0, 0.1) is 13.8 Å². The van der Waals surface area contributed by atoms with Crippen molar-refractivity contribution >= 4 is 28.6 Å². The van der Waals surface area contributed by atoms with Gasteiger partial charge in [0, 0.05) is 20.7 Å². The third-order valence-corrected chi connectivity index (χ3v) is 4.48. The van der Waals surface area contributed by atoms with Crippen LogP contribution >= 0.6 is 22.7 Å². The summed E-state index contributed by atoms with van der Waals surface area (Å²) >= 11 is 3.13. The zero-order chi connectivity index (χ0) is 14.8. The third kappa shape index (κ3) is 3.03. The van der Waals surface area contributed by atoms with Crippen LogP contribution in [0.4, 0.5) is 0 Å². The van der Waals surface area contributed by atoms with Crippen LogP contribution in [0.25, 0.3) is 11.4 Å². The second kappa shape index (κ2) is 5.79. The zero-order valence-electron chi connectivity index (χ0n) is 11.5.